The predicted octanol–water partition coefficient (Wildman–Crippen LogP) is 5.77. The quantitative estimate of drug-likeness (QED) is 0.0417. The van der Waals surface area contributed by atoms with Gasteiger partial charge in [0.25, 0.3) is 5.69 Å². The summed E-state index contributed by atoms with van der Waals surface area (Å²) in [7, 11) is 0. The zero-order chi connectivity index (χ0) is 36.4. The molecule has 2 amide bonds. The molecule has 4 aromatic rings. The third-order valence-electron chi connectivity index (χ3n) is 8.22. The number of para-hydroxylation sites is 2. The van der Waals surface area contributed by atoms with Gasteiger partial charge in [-0.05, 0) is 79.9 Å². The van der Waals surface area contributed by atoms with Crippen molar-refractivity contribution in [2.24, 2.45) is 0 Å². The lowest BCUT2D eigenvalue weighted by atomic mass is 10.1. The lowest BCUT2D eigenvalue weighted by Gasteiger charge is -2.24. The normalized spacial score (nSPS) is 11.0. The molecule has 0 aliphatic rings. The van der Waals surface area contributed by atoms with E-state index in [2.05, 4.69) is 26.6 Å². The summed E-state index contributed by atoms with van der Waals surface area (Å²) in [6, 6.07) is 29.0. The molecule has 0 aliphatic carbocycles. The zero-order valence-electron chi connectivity index (χ0n) is 28.8. The maximum Gasteiger partial charge on any atom is 0.294 e. The number of aliphatic hydroxyl groups is 2. The van der Waals surface area contributed by atoms with E-state index in [4.69, 9.17) is 0 Å². The molecule has 0 spiro atoms. The standard InChI is InChI=1S/C38H47N7O6/c1-28-26-32(12-14-34(28)40-30-8-4-2-5-9-30)42-37(48)16-21-44(23-20-39-29(18-24-46)19-25-47)22-17-38(49)43-33-13-15-35(36(27-33)45(50)51)41-31-10-6-3-7-11-31/h2-15,26-27,29,39-41,46-47H,16-25H2,1H3,(H,42,48)(H,43,49). The average Bonchev–Trinajstić information content (AvgIpc) is 3.12. The maximum atomic E-state index is 13.0. The number of hydrogen-bond donors (Lipinski definition) is 7. The van der Waals surface area contributed by atoms with Crippen molar-refractivity contribution in [2.45, 2.75) is 38.6 Å². The molecule has 13 heteroatoms. The summed E-state index contributed by atoms with van der Waals surface area (Å²) in [6.45, 7) is 3.69. The van der Waals surface area contributed by atoms with Gasteiger partial charge < -0.3 is 41.7 Å². The molecule has 7 N–H and O–H groups in total. The second kappa shape index (κ2) is 20.4. The number of hydrogen-bond acceptors (Lipinski definition) is 10. The molecule has 4 aromatic carbocycles. The van der Waals surface area contributed by atoms with Crippen LogP contribution in [0.4, 0.5) is 39.8 Å². The van der Waals surface area contributed by atoms with Crippen molar-refractivity contribution in [1.82, 2.24) is 10.2 Å². The molecule has 0 radical (unpaired) electrons. The number of nitrogens with one attached hydrogen (secondary N) is 5. The Morgan fingerprint density at radius 2 is 1.22 bits per heavy atom. The van der Waals surface area contributed by atoms with Crippen LogP contribution < -0.4 is 26.6 Å². The summed E-state index contributed by atoms with van der Waals surface area (Å²) in [5.41, 5.74) is 4.69. The molecule has 270 valence electrons. The molecular formula is C38H47N7O6. The summed E-state index contributed by atoms with van der Waals surface area (Å²) in [4.78, 5) is 39.3. The number of carbonyl (C=O) groups is 2. The summed E-state index contributed by atoms with van der Waals surface area (Å²) < 4.78 is 0. The molecule has 13 nitrogen and oxygen atoms in total. The van der Waals surface area contributed by atoms with E-state index in [1.165, 1.54) is 6.07 Å². The number of nitro benzene ring substituents is 1. The van der Waals surface area contributed by atoms with Crippen molar-refractivity contribution in [1.29, 1.82) is 0 Å². The van der Waals surface area contributed by atoms with E-state index >= 15 is 0 Å². The van der Waals surface area contributed by atoms with Crippen LogP contribution >= 0.6 is 0 Å². The van der Waals surface area contributed by atoms with Gasteiger partial charge in [0.2, 0.25) is 11.8 Å². The predicted molar refractivity (Wildman–Crippen MR) is 202 cm³/mol. The number of nitrogens with zero attached hydrogens (tertiary/aromatic N) is 2. The Balaban J connectivity index is 1.34. The van der Waals surface area contributed by atoms with Gasteiger partial charge in [0.1, 0.15) is 5.69 Å². The van der Waals surface area contributed by atoms with Gasteiger partial charge >= 0.3 is 0 Å². The summed E-state index contributed by atoms with van der Waals surface area (Å²) in [6.07, 6.45) is 1.27. The number of aliphatic hydroxyl groups excluding tert-OH is 2. The van der Waals surface area contributed by atoms with Crippen molar-refractivity contribution in [3.8, 4) is 0 Å². The number of anilines is 6. The topological polar surface area (TPSA) is 181 Å². The summed E-state index contributed by atoms with van der Waals surface area (Å²) in [5.74, 6) is -0.496. The van der Waals surface area contributed by atoms with Crippen LogP contribution in [0.5, 0.6) is 0 Å². The van der Waals surface area contributed by atoms with E-state index in [-0.39, 0.29) is 49.6 Å². The molecule has 0 unspecified atom stereocenters. The van der Waals surface area contributed by atoms with Gasteiger partial charge in [-0.3, -0.25) is 19.7 Å². The Morgan fingerprint density at radius 3 is 1.73 bits per heavy atom. The monoisotopic (exact) mass is 697 g/mol. The minimum absolute atomic E-state index is 0.00798. The highest BCUT2D eigenvalue weighted by Gasteiger charge is 2.17. The molecule has 0 saturated heterocycles. The van der Waals surface area contributed by atoms with Crippen LogP contribution in [0, 0.1) is 17.0 Å². The number of benzene rings is 4. The maximum absolute atomic E-state index is 13.0. The van der Waals surface area contributed by atoms with Gasteiger partial charge in [0.15, 0.2) is 0 Å². The highest BCUT2D eigenvalue weighted by Crippen LogP contribution is 2.30. The lowest BCUT2D eigenvalue weighted by Crippen LogP contribution is -2.40. The van der Waals surface area contributed by atoms with Gasteiger partial charge in [0.05, 0.1) is 4.92 Å². The van der Waals surface area contributed by atoms with Crippen LogP contribution in [0.15, 0.2) is 97.1 Å². The largest absolute Gasteiger partial charge is 0.396 e. The van der Waals surface area contributed by atoms with E-state index in [1.54, 1.807) is 24.3 Å². The van der Waals surface area contributed by atoms with E-state index < -0.39 is 4.92 Å². The fraction of sp³-hybridized carbons (Fsp3) is 0.316. The molecule has 0 aliphatic heterocycles. The van der Waals surface area contributed by atoms with Gasteiger partial charge in [-0.2, -0.15) is 0 Å². The van der Waals surface area contributed by atoms with E-state index in [1.807, 2.05) is 78.6 Å². The molecular weight excluding hydrogens is 650 g/mol. The highest BCUT2D eigenvalue weighted by atomic mass is 16.6. The van der Waals surface area contributed by atoms with Crippen molar-refractivity contribution in [3.63, 3.8) is 0 Å². The minimum atomic E-state index is -0.501. The minimum Gasteiger partial charge on any atom is -0.396 e. The van der Waals surface area contributed by atoms with Crippen LogP contribution in [0.3, 0.4) is 0 Å². The third-order valence-corrected chi connectivity index (χ3v) is 8.22. The second-order valence-electron chi connectivity index (χ2n) is 12.1. The summed E-state index contributed by atoms with van der Waals surface area (Å²) >= 11 is 0. The van der Waals surface area contributed by atoms with Crippen molar-refractivity contribution in [2.75, 3.05) is 60.7 Å². The molecule has 4 rings (SSSR count). The average molecular weight is 698 g/mol. The zero-order valence-corrected chi connectivity index (χ0v) is 28.8. The van der Waals surface area contributed by atoms with Gasteiger partial charge in [-0.1, -0.05) is 36.4 Å². The first-order valence-corrected chi connectivity index (χ1v) is 17.0. The Labute approximate surface area is 298 Å². The van der Waals surface area contributed by atoms with Crippen LogP contribution in [0.25, 0.3) is 0 Å². The van der Waals surface area contributed by atoms with Crippen LogP contribution in [0.2, 0.25) is 0 Å². The van der Waals surface area contributed by atoms with E-state index in [0.29, 0.717) is 61.8 Å². The second-order valence-corrected chi connectivity index (χ2v) is 12.1. The first-order chi connectivity index (χ1) is 24.7. The highest BCUT2D eigenvalue weighted by molar-refractivity contribution is 5.92. The smallest absolute Gasteiger partial charge is 0.294 e. The number of rotatable bonds is 21. The number of carbonyl (C=O) groups excluding carboxylic acids is 2. The van der Waals surface area contributed by atoms with Gasteiger partial charge in [-0.25, -0.2) is 0 Å². The first kappa shape index (κ1) is 38.5. The molecule has 0 heterocycles. The van der Waals surface area contributed by atoms with Crippen molar-refractivity contribution >= 4 is 51.6 Å². The SMILES string of the molecule is Cc1cc(NC(=O)CCN(CCNC(CCO)CCO)CCC(=O)Nc2ccc(Nc3ccccc3)c([N+](=O)[O-])c2)ccc1Nc1ccccc1. The van der Waals surface area contributed by atoms with Gasteiger partial charge in [0, 0.05) is 92.8 Å². The molecule has 0 bridgehead atoms. The number of nitro groups is 1. The molecule has 51 heavy (non-hydrogen) atoms. The lowest BCUT2D eigenvalue weighted by molar-refractivity contribution is -0.383. The Morgan fingerprint density at radius 1 is 0.706 bits per heavy atom. The Kier molecular flexibility index (Phi) is 15.4. The number of amides is 2. The van der Waals surface area contributed by atoms with Crippen molar-refractivity contribution in [3.05, 3.63) is 113 Å². The van der Waals surface area contributed by atoms with Crippen LogP contribution in [0.1, 0.15) is 31.2 Å². The third kappa shape index (κ3) is 13.1. The fourth-order valence-electron chi connectivity index (χ4n) is 5.49. The first-order valence-electron chi connectivity index (χ1n) is 17.0. The van der Waals surface area contributed by atoms with Crippen LogP contribution in [-0.2, 0) is 9.59 Å². The molecule has 0 atom stereocenters. The van der Waals surface area contributed by atoms with Gasteiger partial charge in [-0.15, -0.1) is 0 Å². The Hall–Kier alpha value is -5.34. The molecule has 0 fully saturated rings. The van der Waals surface area contributed by atoms with E-state index in [9.17, 15) is 29.9 Å². The molecule has 0 aromatic heterocycles. The fourth-order valence-corrected chi connectivity index (χ4v) is 5.49. The van der Waals surface area contributed by atoms with E-state index in [0.717, 1.165) is 16.9 Å². The summed E-state index contributed by atoms with van der Waals surface area (Å²) in [5, 5.41) is 46.0. The Bertz CT molecular complexity index is 1700. The molecule has 0 saturated carbocycles. The van der Waals surface area contributed by atoms with Crippen LogP contribution in [-0.4, -0.2) is 77.3 Å². The number of aryl methyl sites for hydroxylation is 1. The van der Waals surface area contributed by atoms with Crippen molar-refractivity contribution < 1.29 is 24.7 Å².